The molecule has 0 bridgehead atoms. The number of benzene rings is 2. The van der Waals surface area contributed by atoms with Gasteiger partial charge >= 0.3 is 0 Å². The van der Waals surface area contributed by atoms with Crippen LogP contribution in [0.4, 0.5) is 32.1 Å². The molecule has 0 saturated heterocycles. The van der Waals surface area contributed by atoms with Crippen molar-refractivity contribution >= 4 is 45.1 Å². The number of nitrogens with one attached hydrogen (secondary N) is 3. The second-order valence-electron chi connectivity index (χ2n) is 6.03. The quantitative estimate of drug-likeness (QED) is 0.312. The SMILES string of the molecule is Cc1cccc(Nc2nccc(Nc3n[nH]c4c(F)c(F)ccc34)n2)c1.N[SH](=O)=O. The molecule has 2 heterocycles. The highest BCUT2D eigenvalue weighted by Gasteiger charge is 2.13. The molecule has 30 heavy (non-hydrogen) atoms. The first kappa shape index (κ1) is 21.1. The second kappa shape index (κ2) is 9.24. The number of hydrogen-bond acceptors (Lipinski definition) is 7. The zero-order valence-electron chi connectivity index (χ0n) is 15.6. The van der Waals surface area contributed by atoms with Crippen LogP contribution in [-0.4, -0.2) is 28.6 Å². The summed E-state index contributed by atoms with van der Waals surface area (Å²) in [6, 6.07) is 12.0. The number of hydrogen-bond donors (Lipinski definition) is 5. The fourth-order valence-electron chi connectivity index (χ4n) is 2.59. The van der Waals surface area contributed by atoms with E-state index >= 15 is 0 Å². The number of nitrogens with two attached hydrogens (primary N) is 1. The van der Waals surface area contributed by atoms with Crippen molar-refractivity contribution in [3.8, 4) is 0 Å². The number of aryl methyl sites for hydroxylation is 1. The Morgan fingerprint density at radius 2 is 1.87 bits per heavy atom. The van der Waals surface area contributed by atoms with E-state index in [0.717, 1.165) is 17.3 Å². The zero-order chi connectivity index (χ0) is 21.7. The molecule has 4 rings (SSSR count). The summed E-state index contributed by atoms with van der Waals surface area (Å²) in [6.07, 6.45) is 1.59. The lowest BCUT2D eigenvalue weighted by atomic mass is 10.2. The van der Waals surface area contributed by atoms with E-state index < -0.39 is 22.5 Å². The Balaban J connectivity index is 0.000000589. The van der Waals surface area contributed by atoms with Crippen LogP contribution in [0, 0.1) is 18.6 Å². The molecule has 0 radical (unpaired) electrons. The molecule has 0 saturated carbocycles. The molecule has 0 unspecified atom stereocenters. The minimum Gasteiger partial charge on any atom is -0.324 e. The van der Waals surface area contributed by atoms with Gasteiger partial charge in [0.2, 0.25) is 5.95 Å². The van der Waals surface area contributed by atoms with Gasteiger partial charge in [-0.2, -0.15) is 10.1 Å². The number of nitrogens with zero attached hydrogens (tertiary/aromatic N) is 3. The Labute approximate surface area is 171 Å². The average molecular weight is 433 g/mol. The third-order valence-electron chi connectivity index (χ3n) is 3.81. The van der Waals surface area contributed by atoms with E-state index in [4.69, 9.17) is 8.42 Å². The summed E-state index contributed by atoms with van der Waals surface area (Å²) in [5.74, 6) is -0.683. The Morgan fingerprint density at radius 3 is 2.60 bits per heavy atom. The van der Waals surface area contributed by atoms with E-state index in [-0.39, 0.29) is 5.52 Å². The van der Waals surface area contributed by atoms with Crippen LogP contribution in [0.5, 0.6) is 0 Å². The van der Waals surface area contributed by atoms with Gasteiger partial charge in [0.05, 0.1) is 0 Å². The maximum Gasteiger partial charge on any atom is 0.229 e. The summed E-state index contributed by atoms with van der Waals surface area (Å²) in [7, 11) is -2.62. The van der Waals surface area contributed by atoms with Crippen molar-refractivity contribution in [1.29, 1.82) is 0 Å². The predicted octanol–water partition coefficient (Wildman–Crippen LogP) is 2.90. The molecule has 2 aromatic carbocycles. The van der Waals surface area contributed by atoms with Gasteiger partial charge in [-0.05, 0) is 42.8 Å². The van der Waals surface area contributed by atoms with Crippen molar-refractivity contribution in [3.05, 3.63) is 65.9 Å². The summed E-state index contributed by atoms with van der Waals surface area (Å²) < 4.78 is 44.7. The molecule has 0 aliphatic carbocycles. The average Bonchev–Trinajstić information content (AvgIpc) is 3.08. The maximum absolute atomic E-state index is 13.8. The van der Waals surface area contributed by atoms with Gasteiger partial charge in [0, 0.05) is 17.3 Å². The Hall–Kier alpha value is -3.64. The van der Waals surface area contributed by atoms with Crippen molar-refractivity contribution in [2.45, 2.75) is 6.92 Å². The van der Waals surface area contributed by atoms with Crippen LogP contribution in [0.2, 0.25) is 0 Å². The molecule has 5 N–H and O–H groups in total. The topological polar surface area (TPSA) is 139 Å². The molecule has 0 amide bonds. The molecular formula is C18H17F2N7O2S. The van der Waals surface area contributed by atoms with Gasteiger partial charge in [-0.3, -0.25) is 5.10 Å². The first-order valence-corrected chi connectivity index (χ1v) is 9.73. The van der Waals surface area contributed by atoms with E-state index in [0.29, 0.717) is 23.0 Å². The van der Waals surface area contributed by atoms with Crippen LogP contribution in [0.15, 0.2) is 48.7 Å². The van der Waals surface area contributed by atoms with Crippen molar-refractivity contribution < 1.29 is 17.2 Å². The molecule has 4 aromatic rings. The monoisotopic (exact) mass is 433 g/mol. The van der Waals surface area contributed by atoms with Gasteiger partial charge in [0.15, 0.2) is 28.3 Å². The molecule has 0 aliphatic heterocycles. The zero-order valence-corrected chi connectivity index (χ0v) is 16.5. The van der Waals surface area contributed by atoms with Crippen molar-refractivity contribution in [2.75, 3.05) is 10.6 Å². The minimum absolute atomic E-state index is 0.000310. The molecule has 0 spiro atoms. The maximum atomic E-state index is 13.8. The highest BCUT2D eigenvalue weighted by Crippen LogP contribution is 2.26. The molecule has 0 aliphatic rings. The highest BCUT2D eigenvalue weighted by molar-refractivity contribution is 7.69. The van der Waals surface area contributed by atoms with Gasteiger partial charge in [0.25, 0.3) is 0 Å². The van der Waals surface area contributed by atoms with Crippen LogP contribution >= 0.6 is 0 Å². The number of halogens is 2. The number of aromatic nitrogens is 4. The Kier molecular flexibility index (Phi) is 6.49. The summed E-state index contributed by atoms with van der Waals surface area (Å²) in [5, 5.41) is 17.1. The largest absolute Gasteiger partial charge is 0.324 e. The number of fused-ring (bicyclic) bond motifs is 1. The molecule has 2 aromatic heterocycles. The second-order valence-corrected chi connectivity index (χ2v) is 6.60. The molecule has 9 nitrogen and oxygen atoms in total. The normalized spacial score (nSPS) is 10.6. The van der Waals surface area contributed by atoms with Gasteiger partial charge in [0.1, 0.15) is 11.3 Å². The predicted molar refractivity (Wildman–Crippen MR) is 110 cm³/mol. The van der Waals surface area contributed by atoms with Gasteiger partial charge in [-0.15, -0.1) is 0 Å². The third kappa shape index (κ3) is 5.24. The van der Waals surface area contributed by atoms with Crippen molar-refractivity contribution in [1.82, 2.24) is 20.2 Å². The minimum atomic E-state index is -2.62. The fourth-order valence-corrected chi connectivity index (χ4v) is 2.59. The number of aromatic amines is 1. The van der Waals surface area contributed by atoms with Gasteiger partial charge in [-0.1, -0.05) is 12.1 Å². The number of H-pyrrole nitrogens is 1. The number of thiol groups is 1. The molecule has 12 heteroatoms. The molecule has 0 atom stereocenters. The molecular weight excluding hydrogens is 416 g/mol. The van der Waals surface area contributed by atoms with E-state index in [2.05, 4.69) is 35.9 Å². The standard InChI is InChI=1S/C18H14F2N6.H3NO2S/c1-10-3-2-4-11(9-10)22-18-21-8-7-14(24-18)23-17-12-5-6-13(19)15(20)16(12)25-26-17;1-4(2)3/h2-9H,1H3,(H3,21,22,23,24,25,26);4H,(H2,1,2,3). The number of anilines is 4. The van der Waals surface area contributed by atoms with E-state index in [9.17, 15) is 8.78 Å². The highest BCUT2D eigenvalue weighted by atomic mass is 32.2. The van der Waals surface area contributed by atoms with E-state index in [1.807, 2.05) is 31.2 Å². The summed E-state index contributed by atoms with van der Waals surface area (Å²) in [4.78, 5) is 8.55. The van der Waals surface area contributed by atoms with Crippen LogP contribution < -0.4 is 15.8 Å². The van der Waals surface area contributed by atoms with Gasteiger partial charge < -0.3 is 10.6 Å². The van der Waals surface area contributed by atoms with Gasteiger partial charge in [-0.25, -0.2) is 27.3 Å². The van der Waals surface area contributed by atoms with E-state index in [1.54, 1.807) is 12.3 Å². The summed E-state index contributed by atoms with van der Waals surface area (Å²) >= 11 is 0. The fraction of sp³-hybridized carbons (Fsp3) is 0.0556. The smallest absolute Gasteiger partial charge is 0.229 e. The molecule has 0 fully saturated rings. The third-order valence-corrected chi connectivity index (χ3v) is 3.81. The molecule has 156 valence electrons. The first-order chi connectivity index (χ1) is 14.3. The van der Waals surface area contributed by atoms with Crippen molar-refractivity contribution in [3.63, 3.8) is 0 Å². The van der Waals surface area contributed by atoms with E-state index in [1.165, 1.54) is 6.07 Å². The van der Waals surface area contributed by atoms with Crippen LogP contribution in [-0.2, 0) is 10.9 Å². The summed E-state index contributed by atoms with van der Waals surface area (Å²) in [5.41, 5.74) is 1.98. The lowest BCUT2D eigenvalue weighted by Crippen LogP contribution is -2.00. The first-order valence-electron chi connectivity index (χ1n) is 8.48. The number of rotatable bonds is 4. The van der Waals surface area contributed by atoms with Crippen molar-refractivity contribution in [2.24, 2.45) is 5.14 Å². The summed E-state index contributed by atoms with van der Waals surface area (Å²) in [6.45, 7) is 1.99. The van der Waals surface area contributed by atoms with Crippen LogP contribution in [0.25, 0.3) is 10.9 Å². The lowest BCUT2D eigenvalue weighted by molar-refractivity contribution is 0.515. The Bertz CT molecular complexity index is 1250. The lowest BCUT2D eigenvalue weighted by Gasteiger charge is -2.08. The van der Waals surface area contributed by atoms with Crippen LogP contribution in [0.3, 0.4) is 0 Å². The van der Waals surface area contributed by atoms with Crippen LogP contribution in [0.1, 0.15) is 5.56 Å². The Morgan fingerprint density at radius 1 is 1.10 bits per heavy atom.